The van der Waals surface area contributed by atoms with Gasteiger partial charge in [0.05, 0.1) is 23.3 Å². The minimum atomic E-state index is -0.497. The first-order chi connectivity index (χ1) is 9.50. The van der Waals surface area contributed by atoms with Crippen LogP contribution in [0.5, 0.6) is 11.5 Å². The molecule has 0 radical (unpaired) electrons. The number of halogens is 1. The van der Waals surface area contributed by atoms with E-state index in [-0.39, 0.29) is 0 Å². The lowest BCUT2D eigenvalue weighted by Crippen LogP contribution is -2.14. The summed E-state index contributed by atoms with van der Waals surface area (Å²) in [5.74, 6) is 2.03. The van der Waals surface area contributed by atoms with Crippen molar-refractivity contribution in [2.24, 2.45) is 0 Å². The fourth-order valence-corrected chi connectivity index (χ4v) is 3.38. The molecule has 1 aromatic carbocycles. The van der Waals surface area contributed by atoms with Crippen LogP contribution in [0.1, 0.15) is 50.2 Å². The molecule has 0 saturated heterocycles. The molecule has 3 nitrogen and oxygen atoms in total. The van der Waals surface area contributed by atoms with Gasteiger partial charge in [-0.05, 0) is 46.3 Å². The van der Waals surface area contributed by atoms with E-state index in [1.807, 2.05) is 0 Å². The number of aliphatic hydroxyl groups is 1. The molecule has 4 heteroatoms. The Morgan fingerprint density at radius 2 is 1.90 bits per heavy atom. The summed E-state index contributed by atoms with van der Waals surface area (Å²) in [7, 11) is 0. The van der Waals surface area contributed by atoms with Gasteiger partial charge in [-0.25, -0.2) is 0 Å². The highest BCUT2D eigenvalue weighted by atomic mass is 79.9. The first kappa shape index (κ1) is 14.2. The zero-order valence-corrected chi connectivity index (χ0v) is 13.6. The molecule has 20 heavy (non-hydrogen) atoms. The molecular formula is C16H21BrO3. The van der Waals surface area contributed by atoms with Crippen molar-refractivity contribution >= 4 is 15.9 Å². The molecule has 110 valence electrons. The number of hydrogen-bond acceptors (Lipinski definition) is 3. The minimum absolute atomic E-state index is 0.343. The zero-order valence-electron chi connectivity index (χ0n) is 12.0. The van der Waals surface area contributed by atoms with Crippen molar-refractivity contribution in [2.75, 3.05) is 13.2 Å². The maximum absolute atomic E-state index is 10.3. The first-order valence-corrected chi connectivity index (χ1v) is 8.13. The third-order valence-electron chi connectivity index (χ3n) is 4.02. The van der Waals surface area contributed by atoms with E-state index in [0.29, 0.717) is 25.6 Å². The van der Waals surface area contributed by atoms with E-state index in [9.17, 15) is 5.11 Å². The van der Waals surface area contributed by atoms with Gasteiger partial charge in [-0.3, -0.25) is 0 Å². The van der Waals surface area contributed by atoms with Crippen LogP contribution in [-0.2, 0) is 6.42 Å². The molecule has 2 aliphatic rings. The summed E-state index contributed by atoms with van der Waals surface area (Å²) in [5.41, 5.74) is 1.87. The number of hydrogen-bond donors (Lipinski definition) is 1. The summed E-state index contributed by atoms with van der Waals surface area (Å²) in [6, 6.07) is 2.10. The highest BCUT2D eigenvalue weighted by Gasteiger charge is 2.41. The second kappa shape index (κ2) is 5.23. The van der Waals surface area contributed by atoms with Crippen molar-refractivity contribution in [3.8, 4) is 11.5 Å². The van der Waals surface area contributed by atoms with Gasteiger partial charge in [0.25, 0.3) is 0 Å². The molecule has 0 spiro atoms. The van der Waals surface area contributed by atoms with E-state index in [0.717, 1.165) is 35.2 Å². The van der Waals surface area contributed by atoms with Gasteiger partial charge in [-0.15, -0.1) is 0 Å². The van der Waals surface area contributed by atoms with E-state index in [1.54, 1.807) is 0 Å². The lowest BCUT2D eigenvalue weighted by Gasteiger charge is -2.22. The van der Waals surface area contributed by atoms with Gasteiger partial charge in [0.2, 0.25) is 0 Å². The normalized spacial score (nSPS) is 19.9. The van der Waals surface area contributed by atoms with E-state index in [4.69, 9.17) is 9.47 Å². The van der Waals surface area contributed by atoms with Crippen molar-refractivity contribution in [3.63, 3.8) is 0 Å². The fourth-order valence-electron chi connectivity index (χ4n) is 2.81. The van der Waals surface area contributed by atoms with Crippen LogP contribution in [0.4, 0.5) is 0 Å². The van der Waals surface area contributed by atoms with E-state index >= 15 is 0 Å². The van der Waals surface area contributed by atoms with Gasteiger partial charge in [0, 0.05) is 18.4 Å². The van der Waals surface area contributed by atoms with E-state index < -0.39 is 5.60 Å². The largest absolute Gasteiger partial charge is 0.489 e. The predicted octanol–water partition coefficient (Wildman–Crippen LogP) is 3.80. The molecule has 0 aromatic heterocycles. The van der Waals surface area contributed by atoms with Crippen LogP contribution in [0.15, 0.2) is 10.5 Å². The molecule has 1 aliphatic heterocycles. The Hall–Kier alpha value is -0.740. The zero-order chi connectivity index (χ0) is 14.3. The van der Waals surface area contributed by atoms with Crippen LogP contribution in [-0.4, -0.2) is 23.9 Å². The predicted molar refractivity (Wildman–Crippen MR) is 81.7 cm³/mol. The Kier molecular flexibility index (Phi) is 3.71. The van der Waals surface area contributed by atoms with E-state index in [1.165, 1.54) is 11.1 Å². The average Bonchev–Trinajstić information content (AvgIpc) is 3.12. The van der Waals surface area contributed by atoms with Crippen LogP contribution in [0.25, 0.3) is 0 Å². The van der Waals surface area contributed by atoms with Crippen molar-refractivity contribution in [1.29, 1.82) is 0 Å². The van der Waals surface area contributed by atoms with Gasteiger partial charge < -0.3 is 14.6 Å². The molecule has 0 bridgehead atoms. The van der Waals surface area contributed by atoms with Crippen molar-refractivity contribution in [2.45, 2.75) is 51.0 Å². The summed E-state index contributed by atoms with van der Waals surface area (Å²) < 4.78 is 12.7. The third-order valence-corrected chi connectivity index (χ3v) is 4.61. The Labute approximate surface area is 128 Å². The topological polar surface area (TPSA) is 38.7 Å². The maximum atomic E-state index is 10.3. The molecule has 1 saturated carbocycles. The molecule has 1 N–H and O–H groups in total. The summed E-state index contributed by atoms with van der Waals surface area (Å²) in [4.78, 5) is 0. The van der Waals surface area contributed by atoms with Gasteiger partial charge >= 0.3 is 0 Å². The molecule has 0 amide bonds. The number of benzene rings is 1. The quantitative estimate of drug-likeness (QED) is 0.909. The molecule has 1 fully saturated rings. The number of rotatable bonds is 3. The summed E-state index contributed by atoms with van der Waals surface area (Å²) >= 11 is 3.59. The maximum Gasteiger partial charge on any atom is 0.175 e. The SMILES string of the molecule is CC(C)c1c(CC2(O)CC2)cc(Br)c2c1OCCCO2. The molecule has 1 aromatic rings. The smallest absolute Gasteiger partial charge is 0.175 e. The Bertz CT molecular complexity index is 521. The highest BCUT2D eigenvalue weighted by Crippen LogP contribution is 2.47. The molecule has 1 aliphatic carbocycles. The summed E-state index contributed by atoms with van der Waals surface area (Å²) in [6.45, 7) is 5.70. The van der Waals surface area contributed by atoms with Gasteiger partial charge in [0.1, 0.15) is 0 Å². The summed E-state index contributed by atoms with van der Waals surface area (Å²) in [5, 5.41) is 10.3. The fraction of sp³-hybridized carbons (Fsp3) is 0.625. The molecule has 3 rings (SSSR count). The molecule has 0 unspecified atom stereocenters. The molecular weight excluding hydrogens is 320 g/mol. The molecule has 1 heterocycles. The van der Waals surface area contributed by atoms with E-state index in [2.05, 4.69) is 35.8 Å². The van der Waals surface area contributed by atoms with Crippen molar-refractivity contribution in [1.82, 2.24) is 0 Å². The van der Waals surface area contributed by atoms with Crippen LogP contribution < -0.4 is 9.47 Å². The Balaban J connectivity index is 2.09. The first-order valence-electron chi connectivity index (χ1n) is 7.33. The van der Waals surface area contributed by atoms with Crippen LogP contribution in [0.3, 0.4) is 0 Å². The highest BCUT2D eigenvalue weighted by molar-refractivity contribution is 9.10. The monoisotopic (exact) mass is 340 g/mol. The van der Waals surface area contributed by atoms with Crippen LogP contribution in [0.2, 0.25) is 0 Å². The van der Waals surface area contributed by atoms with Crippen LogP contribution >= 0.6 is 15.9 Å². The lowest BCUT2D eigenvalue weighted by atomic mass is 9.91. The van der Waals surface area contributed by atoms with Gasteiger partial charge in [-0.2, -0.15) is 0 Å². The second-order valence-corrected chi connectivity index (χ2v) is 7.05. The third kappa shape index (κ3) is 2.68. The minimum Gasteiger partial charge on any atom is -0.489 e. The van der Waals surface area contributed by atoms with Crippen molar-refractivity contribution in [3.05, 3.63) is 21.7 Å². The summed E-state index contributed by atoms with van der Waals surface area (Å²) in [6.07, 6.45) is 3.40. The number of fused-ring (bicyclic) bond motifs is 1. The Morgan fingerprint density at radius 3 is 2.50 bits per heavy atom. The van der Waals surface area contributed by atoms with Crippen molar-refractivity contribution < 1.29 is 14.6 Å². The average molecular weight is 341 g/mol. The van der Waals surface area contributed by atoms with Gasteiger partial charge in [-0.1, -0.05) is 13.8 Å². The second-order valence-electron chi connectivity index (χ2n) is 6.20. The number of ether oxygens (including phenoxy) is 2. The molecule has 0 atom stereocenters. The van der Waals surface area contributed by atoms with Crippen LogP contribution in [0, 0.1) is 0 Å². The standard InChI is InChI=1S/C16H21BrO3/c1-10(2)13-11(9-16(18)4-5-16)8-12(17)14-15(13)20-7-3-6-19-14/h8,10,18H,3-7,9H2,1-2H3. The van der Waals surface area contributed by atoms with Gasteiger partial charge in [0.15, 0.2) is 11.5 Å². The Morgan fingerprint density at radius 1 is 1.25 bits per heavy atom. The lowest BCUT2D eigenvalue weighted by molar-refractivity contribution is 0.150.